The number of aromatic nitrogens is 1. The first-order valence-electron chi connectivity index (χ1n) is 6.55. The Morgan fingerprint density at radius 1 is 1.35 bits per heavy atom. The standard InChI is InChI=1S/C15H17N3OS/c1-17-14(10-5-4-8-18-15(10)16)12-9-20-13-7-3-2-6-11(13)19-12/h2-8,12,14,17H,9H2,1H3,(H2,16,18). The summed E-state index contributed by atoms with van der Waals surface area (Å²) in [6, 6.07) is 12.1. The number of thioether (sulfide) groups is 1. The number of rotatable bonds is 3. The third-order valence-corrected chi connectivity index (χ3v) is 4.56. The topological polar surface area (TPSA) is 60.2 Å². The number of hydrogen-bond donors (Lipinski definition) is 2. The van der Waals surface area contributed by atoms with Crippen molar-refractivity contribution in [2.24, 2.45) is 0 Å². The van der Waals surface area contributed by atoms with Gasteiger partial charge in [-0.2, -0.15) is 0 Å². The number of ether oxygens (including phenoxy) is 1. The molecule has 0 fully saturated rings. The molecule has 2 atom stereocenters. The van der Waals surface area contributed by atoms with E-state index < -0.39 is 0 Å². The summed E-state index contributed by atoms with van der Waals surface area (Å²) in [5.41, 5.74) is 6.97. The zero-order valence-electron chi connectivity index (χ0n) is 11.2. The van der Waals surface area contributed by atoms with E-state index in [1.165, 1.54) is 4.90 Å². The average Bonchev–Trinajstić information content (AvgIpc) is 2.50. The monoisotopic (exact) mass is 287 g/mol. The Kier molecular flexibility index (Phi) is 3.80. The number of anilines is 1. The number of nitrogen functional groups attached to an aromatic ring is 1. The van der Waals surface area contributed by atoms with Gasteiger partial charge in [0, 0.05) is 22.4 Å². The van der Waals surface area contributed by atoms with E-state index in [-0.39, 0.29) is 12.1 Å². The third kappa shape index (κ3) is 2.46. The largest absolute Gasteiger partial charge is 0.486 e. The molecule has 2 heterocycles. The Bertz CT molecular complexity index is 605. The highest BCUT2D eigenvalue weighted by atomic mass is 32.2. The van der Waals surface area contributed by atoms with E-state index in [2.05, 4.69) is 16.4 Å². The van der Waals surface area contributed by atoms with Crippen molar-refractivity contribution in [2.75, 3.05) is 18.5 Å². The van der Waals surface area contributed by atoms with Gasteiger partial charge >= 0.3 is 0 Å². The quantitative estimate of drug-likeness (QED) is 0.908. The SMILES string of the molecule is CNC(c1cccnc1N)C1CSc2ccccc2O1. The van der Waals surface area contributed by atoms with E-state index in [1.54, 1.807) is 6.20 Å². The van der Waals surface area contributed by atoms with Crippen LogP contribution in [-0.2, 0) is 0 Å². The van der Waals surface area contributed by atoms with Gasteiger partial charge in [-0.25, -0.2) is 4.98 Å². The van der Waals surface area contributed by atoms with E-state index in [0.717, 1.165) is 17.1 Å². The zero-order valence-corrected chi connectivity index (χ0v) is 12.1. The van der Waals surface area contributed by atoms with Crippen LogP contribution in [0.3, 0.4) is 0 Å². The number of para-hydroxylation sites is 1. The van der Waals surface area contributed by atoms with Crippen molar-refractivity contribution in [3.05, 3.63) is 48.2 Å². The molecule has 1 aliphatic rings. The summed E-state index contributed by atoms with van der Waals surface area (Å²) < 4.78 is 6.13. The number of nitrogens with two attached hydrogens (primary N) is 1. The molecule has 3 N–H and O–H groups in total. The minimum atomic E-state index is 0.0320. The Morgan fingerprint density at radius 2 is 2.20 bits per heavy atom. The number of benzene rings is 1. The van der Waals surface area contributed by atoms with E-state index in [1.807, 2.05) is 49.1 Å². The summed E-state index contributed by atoms with van der Waals surface area (Å²) in [7, 11) is 1.92. The molecule has 0 radical (unpaired) electrons. The normalized spacial score (nSPS) is 18.9. The van der Waals surface area contributed by atoms with Gasteiger partial charge in [-0.3, -0.25) is 0 Å². The molecule has 20 heavy (non-hydrogen) atoms. The molecule has 0 saturated carbocycles. The minimum absolute atomic E-state index is 0.0320. The number of hydrogen-bond acceptors (Lipinski definition) is 5. The van der Waals surface area contributed by atoms with Crippen LogP contribution in [0.15, 0.2) is 47.5 Å². The lowest BCUT2D eigenvalue weighted by atomic mass is 10.0. The molecular formula is C15H17N3OS. The molecule has 104 valence electrons. The van der Waals surface area contributed by atoms with Crippen LogP contribution in [0.25, 0.3) is 0 Å². The predicted octanol–water partition coefficient (Wildman–Crippen LogP) is 2.48. The van der Waals surface area contributed by atoms with Gasteiger partial charge in [0.1, 0.15) is 17.7 Å². The van der Waals surface area contributed by atoms with Gasteiger partial charge in [0.05, 0.1) is 6.04 Å². The molecule has 0 amide bonds. The smallest absolute Gasteiger partial charge is 0.133 e. The minimum Gasteiger partial charge on any atom is -0.486 e. The second kappa shape index (κ2) is 5.73. The van der Waals surface area contributed by atoms with Crippen LogP contribution in [0.4, 0.5) is 5.82 Å². The maximum absolute atomic E-state index is 6.13. The Morgan fingerprint density at radius 3 is 3.00 bits per heavy atom. The third-order valence-electron chi connectivity index (χ3n) is 3.42. The van der Waals surface area contributed by atoms with Crippen molar-refractivity contribution in [1.29, 1.82) is 0 Å². The molecule has 0 bridgehead atoms. The van der Waals surface area contributed by atoms with Gasteiger partial charge in [-0.1, -0.05) is 18.2 Å². The van der Waals surface area contributed by atoms with Gasteiger partial charge in [0.15, 0.2) is 0 Å². The molecule has 2 unspecified atom stereocenters. The van der Waals surface area contributed by atoms with Crippen LogP contribution in [0.1, 0.15) is 11.6 Å². The zero-order chi connectivity index (χ0) is 13.9. The van der Waals surface area contributed by atoms with Gasteiger partial charge in [-0.15, -0.1) is 11.8 Å². The Labute approximate surface area is 122 Å². The second-order valence-corrected chi connectivity index (χ2v) is 5.72. The highest BCUT2D eigenvalue weighted by molar-refractivity contribution is 7.99. The summed E-state index contributed by atoms with van der Waals surface area (Å²) >= 11 is 1.81. The maximum atomic E-state index is 6.13. The molecule has 1 aromatic heterocycles. The van der Waals surface area contributed by atoms with Crippen molar-refractivity contribution < 1.29 is 4.74 Å². The first kappa shape index (κ1) is 13.3. The summed E-state index contributed by atoms with van der Waals surface area (Å²) in [5, 5.41) is 3.30. The van der Waals surface area contributed by atoms with Crippen molar-refractivity contribution in [1.82, 2.24) is 10.3 Å². The van der Waals surface area contributed by atoms with Crippen LogP contribution in [0.2, 0.25) is 0 Å². The molecular weight excluding hydrogens is 270 g/mol. The van der Waals surface area contributed by atoms with Crippen molar-refractivity contribution in [2.45, 2.75) is 17.0 Å². The molecule has 0 aliphatic carbocycles. The summed E-state index contributed by atoms with van der Waals surface area (Å²) in [6.45, 7) is 0. The lowest BCUT2D eigenvalue weighted by Gasteiger charge is -2.32. The Hall–Kier alpha value is -1.72. The van der Waals surface area contributed by atoms with E-state index in [0.29, 0.717) is 5.82 Å². The molecule has 0 saturated heterocycles. The maximum Gasteiger partial charge on any atom is 0.133 e. The number of likely N-dealkylation sites (N-methyl/N-ethyl adjacent to an activating group) is 1. The van der Waals surface area contributed by atoms with Crippen molar-refractivity contribution in [3.8, 4) is 5.75 Å². The molecule has 3 rings (SSSR count). The lowest BCUT2D eigenvalue weighted by Crippen LogP contribution is -2.37. The molecule has 1 aliphatic heterocycles. The fourth-order valence-electron chi connectivity index (χ4n) is 2.43. The molecule has 4 nitrogen and oxygen atoms in total. The fourth-order valence-corrected chi connectivity index (χ4v) is 3.47. The molecule has 2 aromatic rings. The van der Waals surface area contributed by atoms with Crippen LogP contribution >= 0.6 is 11.8 Å². The van der Waals surface area contributed by atoms with Crippen molar-refractivity contribution in [3.63, 3.8) is 0 Å². The lowest BCUT2D eigenvalue weighted by molar-refractivity contribution is 0.171. The van der Waals surface area contributed by atoms with Gasteiger partial charge in [0.25, 0.3) is 0 Å². The molecule has 1 aromatic carbocycles. The summed E-state index contributed by atoms with van der Waals surface area (Å²) in [6.07, 6.45) is 1.74. The Balaban J connectivity index is 1.87. The highest BCUT2D eigenvalue weighted by Crippen LogP contribution is 2.38. The van der Waals surface area contributed by atoms with Crippen molar-refractivity contribution >= 4 is 17.6 Å². The first-order chi connectivity index (χ1) is 9.79. The fraction of sp³-hybridized carbons (Fsp3) is 0.267. The number of pyridine rings is 1. The average molecular weight is 287 g/mol. The van der Waals surface area contributed by atoms with Crippen LogP contribution in [0.5, 0.6) is 5.75 Å². The second-order valence-electron chi connectivity index (χ2n) is 4.66. The van der Waals surface area contributed by atoms with Crippen LogP contribution in [0, 0.1) is 0 Å². The molecule has 5 heteroatoms. The van der Waals surface area contributed by atoms with E-state index in [9.17, 15) is 0 Å². The van der Waals surface area contributed by atoms with Gasteiger partial charge in [0.2, 0.25) is 0 Å². The number of nitrogens with zero attached hydrogens (tertiary/aromatic N) is 1. The first-order valence-corrected chi connectivity index (χ1v) is 7.54. The van der Waals surface area contributed by atoms with E-state index >= 15 is 0 Å². The number of fused-ring (bicyclic) bond motifs is 1. The van der Waals surface area contributed by atoms with Gasteiger partial charge < -0.3 is 15.8 Å². The predicted molar refractivity (Wildman–Crippen MR) is 82.0 cm³/mol. The van der Waals surface area contributed by atoms with Gasteiger partial charge in [-0.05, 0) is 25.2 Å². The van der Waals surface area contributed by atoms with Crippen LogP contribution < -0.4 is 15.8 Å². The molecule has 0 spiro atoms. The summed E-state index contributed by atoms with van der Waals surface area (Å²) in [5.74, 6) is 2.38. The highest BCUT2D eigenvalue weighted by Gasteiger charge is 2.29. The summed E-state index contributed by atoms with van der Waals surface area (Å²) in [4.78, 5) is 5.35. The van der Waals surface area contributed by atoms with Crippen LogP contribution in [-0.4, -0.2) is 23.9 Å². The van der Waals surface area contributed by atoms with E-state index in [4.69, 9.17) is 10.5 Å². The number of nitrogens with one attached hydrogen (secondary N) is 1.